The van der Waals surface area contributed by atoms with Gasteiger partial charge in [-0.05, 0) is 57.5 Å². The molecule has 1 aromatic carbocycles. The highest BCUT2D eigenvalue weighted by atomic mass is 16.5. The average molecular weight is 458 g/mol. The molecule has 2 atom stereocenters. The third-order valence-corrected chi connectivity index (χ3v) is 8.05. The molecular weight excluding hydrogens is 418 g/mol. The van der Waals surface area contributed by atoms with Crippen LogP contribution in [0.3, 0.4) is 0 Å². The van der Waals surface area contributed by atoms with Crippen molar-refractivity contribution in [3.63, 3.8) is 0 Å². The summed E-state index contributed by atoms with van der Waals surface area (Å²) in [5.41, 5.74) is -0.170. The van der Waals surface area contributed by atoms with Gasteiger partial charge in [-0.15, -0.1) is 0 Å². The molecule has 7 nitrogen and oxygen atoms in total. The molecule has 0 bridgehead atoms. The van der Waals surface area contributed by atoms with E-state index in [2.05, 4.69) is 10.2 Å². The normalized spacial score (nSPS) is 24.9. The molecular formula is C26H39N3O4. The number of ether oxygens (including phenoxy) is 2. The van der Waals surface area contributed by atoms with Gasteiger partial charge in [0.15, 0.2) is 0 Å². The summed E-state index contributed by atoms with van der Waals surface area (Å²) in [6, 6.07) is 5.91. The first-order valence-electron chi connectivity index (χ1n) is 12.6. The van der Waals surface area contributed by atoms with Crippen LogP contribution in [0.2, 0.25) is 0 Å². The number of nitrogens with zero attached hydrogens (tertiary/aromatic N) is 2. The highest BCUT2D eigenvalue weighted by molar-refractivity contribution is 5.99. The van der Waals surface area contributed by atoms with Crippen molar-refractivity contribution in [1.29, 1.82) is 0 Å². The zero-order chi connectivity index (χ0) is 23.3. The molecule has 33 heavy (non-hydrogen) atoms. The van der Waals surface area contributed by atoms with Crippen LogP contribution in [0.5, 0.6) is 11.5 Å². The van der Waals surface area contributed by atoms with Crippen LogP contribution in [0.1, 0.15) is 64.2 Å². The van der Waals surface area contributed by atoms with E-state index in [4.69, 9.17) is 9.47 Å². The van der Waals surface area contributed by atoms with Crippen molar-refractivity contribution in [3.8, 4) is 11.5 Å². The predicted octanol–water partition coefficient (Wildman–Crippen LogP) is 4.07. The highest BCUT2D eigenvalue weighted by Crippen LogP contribution is 2.38. The van der Waals surface area contributed by atoms with E-state index in [1.54, 1.807) is 32.4 Å². The van der Waals surface area contributed by atoms with E-state index in [9.17, 15) is 9.59 Å². The van der Waals surface area contributed by atoms with Gasteiger partial charge in [0.1, 0.15) is 17.0 Å². The van der Waals surface area contributed by atoms with Gasteiger partial charge < -0.3 is 24.6 Å². The van der Waals surface area contributed by atoms with Gasteiger partial charge in [0, 0.05) is 36.5 Å². The van der Waals surface area contributed by atoms with Gasteiger partial charge in [0.25, 0.3) is 0 Å². The van der Waals surface area contributed by atoms with Gasteiger partial charge in [0.2, 0.25) is 12.3 Å². The van der Waals surface area contributed by atoms with Crippen LogP contribution < -0.4 is 14.8 Å². The fourth-order valence-corrected chi connectivity index (χ4v) is 6.27. The van der Waals surface area contributed by atoms with Gasteiger partial charge in [-0.3, -0.25) is 9.59 Å². The van der Waals surface area contributed by atoms with E-state index >= 15 is 0 Å². The van der Waals surface area contributed by atoms with E-state index < -0.39 is 5.54 Å². The highest BCUT2D eigenvalue weighted by Gasteiger charge is 2.46. The molecule has 2 saturated heterocycles. The standard InChI is InChI=1S/C26H39N3O4/c1-32-22-15-21(16-23(17-22)33-2)27-25(31)26(11-5-3-6-12-26)29(19-30)18-20-9-8-14-28-13-7-4-10-24(20)28/h15-17,19-20,24H,3-14,18H2,1-2H3,(H,27,31)/t20-,24-/m1/s1. The summed E-state index contributed by atoms with van der Waals surface area (Å²) in [5, 5.41) is 3.10. The van der Waals surface area contributed by atoms with Crippen LogP contribution in [-0.2, 0) is 9.59 Å². The number of hydrogen-bond acceptors (Lipinski definition) is 5. The van der Waals surface area contributed by atoms with Crippen LogP contribution in [-0.4, -0.2) is 67.6 Å². The molecule has 4 rings (SSSR count). The molecule has 1 aromatic rings. The minimum absolute atomic E-state index is 0.0964. The Morgan fingerprint density at radius 1 is 1.03 bits per heavy atom. The fourth-order valence-electron chi connectivity index (χ4n) is 6.27. The average Bonchev–Trinajstić information content (AvgIpc) is 2.87. The van der Waals surface area contributed by atoms with Crippen molar-refractivity contribution in [2.75, 3.05) is 39.2 Å². The largest absolute Gasteiger partial charge is 0.497 e. The first kappa shape index (κ1) is 23.9. The molecule has 0 unspecified atom stereocenters. The minimum Gasteiger partial charge on any atom is -0.497 e. The zero-order valence-electron chi connectivity index (χ0n) is 20.2. The molecule has 2 heterocycles. The van der Waals surface area contributed by atoms with E-state index in [1.807, 2.05) is 4.90 Å². The number of methoxy groups -OCH3 is 2. The Hall–Kier alpha value is -2.28. The quantitative estimate of drug-likeness (QED) is 0.596. The lowest BCUT2D eigenvalue weighted by molar-refractivity contribution is -0.141. The van der Waals surface area contributed by atoms with Gasteiger partial charge in [-0.1, -0.05) is 25.7 Å². The monoisotopic (exact) mass is 457 g/mol. The molecule has 7 heteroatoms. The van der Waals surface area contributed by atoms with Gasteiger partial charge in [-0.2, -0.15) is 0 Å². The molecule has 0 radical (unpaired) electrons. The molecule has 0 aromatic heterocycles. The zero-order valence-corrected chi connectivity index (χ0v) is 20.2. The summed E-state index contributed by atoms with van der Waals surface area (Å²) in [4.78, 5) is 30.8. The Bertz CT molecular complexity index is 800. The number of nitrogens with one attached hydrogen (secondary N) is 1. The molecule has 1 aliphatic carbocycles. The van der Waals surface area contributed by atoms with Crippen molar-refractivity contribution in [2.24, 2.45) is 5.92 Å². The lowest BCUT2D eigenvalue weighted by Gasteiger charge is -2.49. The lowest BCUT2D eigenvalue weighted by atomic mass is 9.77. The SMILES string of the molecule is COc1cc(NC(=O)C2(N(C=O)C[C@H]3CCCN4CCCC[C@H]34)CCCCC2)cc(OC)c1. The van der Waals surface area contributed by atoms with Crippen molar-refractivity contribution in [2.45, 2.75) is 75.8 Å². The summed E-state index contributed by atoms with van der Waals surface area (Å²) in [6.07, 6.45) is 11.4. The summed E-state index contributed by atoms with van der Waals surface area (Å²) in [6.45, 7) is 3.01. The van der Waals surface area contributed by atoms with Crippen molar-refractivity contribution in [1.82, 2.24) is 9.80 Å². The molecule has 182 valence electrons. The Kier molecular flexibility index (Phi) is 7.78. The van der Waals surface area contributed by atoms with Crippen LogP contribution >= 0.6 is 0 Å². The third-order valence-electron chi connectivity index (χ3n) is 8.05. The molecule has 1 N–H and O–H groups in total. The van der Waals surface area contributed by atoms with Crippen molar-refractivity contribution < 1.29 is 19.1 Å². The van der Waals surface area contributed by atoms with E-state index in [0.717, 1.165) is 32.1 Å². The van der Waals surface area contributed by atoms with E-state index in [0.29, 0.717) is 48.5 Å². The number of anilines is 1. The molecule has 1 saturated carbocycles. The Morgan fingerprint density at radius 2 is 1.73 bits per heavy atom. The Morgan fingerprint density at radius 3 is 2.39 bits per heavy atom. The summed E-state index contributed by atoms with van der Waals surface area (Å²) in [5.74, 6) is 1.58. The second-order valence-electron chi connectivity index (χ2n) is 9.91. The Labute approximate surface area is 197 Å². The molecule has 3 aliphatic rings. The number of fused-ring (bicyclic) bond motifs is 1. The van der Waals surface area contributed by atoms with Crippen LogP contribution in [0.15, 0.2) is 18.2 Å². The summed E-state index contributed by atoms with van der Waals surface area (Å²) < 4.78 is 10.7. The number of amides is 2. The van der Waals surface area contributed by atoms with Crippen molar-refractivity contribution in [3.05, 3.63) is 18.2 Å². The summed E-state index contributed by atoms with van der Waals surface area (Å²) in [7, 11) is 3.19. The lowest BCUT2D eigenvalue weighted by Crippen LogP contribution is -2.60. The first-order chi connectivity index (χ1) is 16.1. The molecule has 0 spiro atoms. The second kappa shape index (κ2) is 10.8. The third kappa shape index (κ3) is 5.13. The van der Waals surface area contributed by atoms with Crippen LogP contribution in [0.4, 0.5) is 5.69 Å². The number of hydrogen-bond donors (Lipinski definition) is 1. The maximum atomic E-state index is 13.8. The van der Waals surface area contributed by atoms with Crippen LogP contribution in [0, 0.1) is 5.92 Å². The van der Waals surface area contributed by atoms with E-state index in [1.165, 1.54) is 38.8 Å². The Balaban J connectivity index is 1.56. The fraction of sp³-hybridized carbons (Fsp3) is 0.692. The number of carbonyl (C=O) groups is 2. The summed E-state index contributed by atoms with van der Waals surface area (Å²) >= 11 is 0. The van der Waals surface area contributed by atoms with Gasteiger partial charge >= 0.3 is 0 Å². The van der Waals surface area contributed by atoms with Gasteiger partial charge in [0.05, 0.1) is 14.2 Å². The number of piperidine rings is 2. The maximum Gasteiger partial charge on any atom is 0.250 e. The predicted molar refractivity (Wildman–Crippen MR) is 129 cm³/mol. The maximum absolute atomic E-state index is 13.8. The second-order valence-corrected chi connectivity index (χ2v) is 9.91. The topological polar surface area (TPSA) is 71.1 Å². The molecule has 2 amide bonds. The molecule has 2 aliphatic heterocycles. The van der Waals surface area contributed by atoms with Crippen LogP contribution in [0.25, 0.3) is 0 Å². The number of benzene rings is 1. The minimum atomic E-state index is -0.798. The smallest absolute Gasteiger partial charge is 0.250 e. The first-order valence-corrected chi connectivity index (χ1v) is 12.6. The number of rotatable bonds is 8. The van der Waals surface area contributed by atoms with E-state index in [-0.39, 0.29) is 5.91 Å². The van der Waals surface area contributed by atoms with Crippen molar-refractivity contribution >= 4 is 18.0 Å². The number of carbonyl (C=O) groups excluding carboxylic acids is 2. The van der Waals surface area contributed by atoms with Gasteiger partial charge in [-0.25, -0.2) is 0 Å². The molecule has 3 fully saturated rings.